The van der Waals surface area contributed by atoms with Crippen molar-refractivity contribution >= 4 is 55.4 Å². The number of ketones is 1. The van der Waals surface area contributed by atoms with Crippen LogP contribution in [0.3, 0.4) is 0 Å². The third kappa shape index (κ3) is 4.06. The zero-order chi connectivity index (χ0) is 21.3. The van der Waals surface area contributed by atoms with Crippen LogP contribution in [0.5, 0.6) is 0 Å². The van der Waals surface area contributed by atoms with E-state index in [-0.39, 0.29) is 37.0 Å². The normalized spacial score (nSPS) is 11.2. The summed E-state index contributed by atoms with van der Waals surface area (Å²) in [5, 5.41) is 11.0. The number of thiazole rings is 1. The smallest absolute Gasteiger partial charge is 0.269 e. The van der Waals surface area contributed by atoms with Crippen LogP contribution < -0.4 is 10.0 Å². The number of benzene rings is 2. The minimum atomic E-state index is -3.97. The van der Waals surface area contributed by atoms with Gasteiger partial charge in [-0.25, -0.2) is 17.7 Å². The van der Waals surface area contributed by atoms with Crippen molar-refractivity contribution in [3.63, 3.8) is 0 Å². The number of nitrogens with two attached hydrogens (primary N) is 1. The van der Waals surface area contributed by atoms with E-state index in [1.54, 1.807) is 6.07 Å². The predicted molar refractivity (Wildman–Crippen MR) is 110 cm³/mol. The fourth-order valence-corrected chi connectivity index (χ4v) is 4.94. The van der Waals surface area contributed by atoms with E-state index in [1.807, 2.05) is 0 Å². The van der Waals surface area contributed by atoms with Crippen molar-refractivity contribution in [2.75, 3.05) is 17.1 Å². The molecular formula is C17H13ClN4O5S2. The van der Waals surface area contributed by atoms with Gasteiger partial charge in [-0.3, -0.25) is 14.9 Å². The molecule has 150 valence electrons. The first-order valence-corrected chi connectivity index (χ1v) is 10.5. The van der Waals surface area contributed by atoms with E-state index in [0.717, 1.165) is 15.6 Å². The molecule has 0 saturated carbocycles. The number of carbonyl (C=O) groups is 1. The molecule has 0 fully saturated rings. The first-order valence-electron chi connectivity index (χ1n) is 7.91. The topological polar surface area (TPSA) is 136 Å². The molecule has 3 aromatic rings. The van der Waals surface area contributed by atoms with Crippen molar-refractivity contribution < 1.29 is 18.1 Å². The molecule has 0 bridgehead atoms. The van der Waals surface area contributed by atoms with Crippen LogP contribution in [-0.4, -0.2) is 31.2 Å². The quantitative estimate of drug-likeness (QED) is 0.344. The van der Waals surface area contributed by atoms with E-state index >= 15 is 0 Å². The van der Waals surface area contributed by atoms with E-state index in [2.05, 4.69) is 4.98 Å². The van der Waals surface area contributed by atoms with E-state index in [4.69, 9.17) is 17.3 Å². The standard InChI is InChI=1S/C17H13ClN4O5S2/c1-21(29(26,27)13-4-2-3-11(18)9-13)17-20-16(19)15(28-17)14(23)10-5-7-12(8-6-10)22(24)25/h2-9H,19H2,1H3. The summed E-state index contributed by atoms with van der Waals surface area (Å²) >= 11 is 6.67. The molecule has 0 amide bonds. The zero-order valence-electron chi connectivity index (χ0n) is 14.8. The maximum absolute atomic E-state index is 12.8. The zero-order valence-corrected chi connectivity index (χ0v) is 17.2. The van der Waals surface area contributed by atoms with Gasteiger partial charge in [-0.05, 0) is 30.3 Å². The highest BCUT2D eigenvalue weighted by molar-refractivity contribution is 7.93. The number of halogens is 1. The predicted octanol–water partition coefficient (Wildman–Crippen LogP) is 3.34. The van der Waals surface area contributed by atoms with E-state index in [9.17, 15) is 23.3 Å². The van der Waals surface area contributed by atoms with Crippen molar-refractivity contribution in [3.05, 3.63) is 74.1 Å². The first-order chi connectivity index (χ1) is 13.6. The molecular weight excluding hydrogens is 440 g/mol. The van der Waals surface area contributed by atoms with Crippen LogP contribution in [-0.2, 0) is 10.0 Å². The number of nitrogen functional groups attached to an aromatic ring is 1. The van der Waals surface area contributed by atoms with Gasteiger partial charge >= 0.3 is 0 Å². The molecule has 0 spiro atoms. The first kappa shape index (κ1) is 20.7. The van der Waals surface area contributed by atoms with Gasteiger partial charge in [0, 0.05) is 29.8 Å². The number of carbonyl (C=O) groups excluding carboxylic acids is 1. The van der Waals surface area contributed by atoms with Gasteiger partial charge in [0.25, 0.3) is 15.7 Å². The van der Waals surface area contributed by atoms with Gasteiger partial charge in [0.15, 0.2) is 0 Å². The highest BCUT2D eigenvalue weighted by atomic mass is 35.5. The lowest BCUT2D eigenvalue weighted by molar-refractivity contribution is -0.384. The second-order valence-corrected chi connectivity index (χ2v) is 9.16. The second-order valence-electron chi connectivity index (χ2n) is 5.77. The lowest BCUT2D eigenvalue weighted by Crippen LogP contribution is -2.26. The largest absolute Gasteiger partial charge is 0.382 e. The monoisotopic (exact) mass is 452 g/mol. The minimum absolute atomic E-state index is 0.00672. The molecule has 29 heavy (non-hydrogen) atoms. The Hall–Kier alpha value is -3.02. The van der Waals surface area contributed by atoms with E-state index in [0.29, 0.717) is 0 Å². The highest BCUT2D eigenvalue weighted by Crippen LogP contribution is 2.33. The summed E-state index contributed by atoms with van der Waals surface area (Å²) in [5.41, 5.74) is 5.83. The lowest BCUT2D eigenvalue weighted by Gasteiger charge is -2.16. The van der Waals surface area contributed by atoms with Crippen LogP contribution >= 0.6 is 22.9 Å². The van der Waals surface area contributed by atoms with Gasteiger partial charge in [-0.15, -0.1) is 0 Å². The van der Waals surface area contributed by atoms with Crippen LogP contribution in [0.25, 0.3) is 0 Å². The Balaban J connectivity index is 1.93. The number of non-ortho nitro benzene ring substituents is 1. The molecule has 0 atom stereocenters. The van der Waals surface area contributed by atoms with Gasteiger partial charge in [0.05, 0.1) is 9.82 Å². The minimum Gasteiger partial charge on any atom is -0.382 e. The molecule has 2 aromatic carbocycles. The summed E-state index contributed by atoms with van der Waals surface area (Å²) in [4.78, 5) is 26.8. The Kier molecular flexibility index (Phi) is 5.55. The van der Waals surface area contributed by atoms with Gasteiger partial charge in [-0.2, -0.15) is 0 Å². The van der Waals surface area contributed by atoms with E-state index < -0.39 is 20.7 Å². The van der Waals surface area contributed by atoms with Crippen molar-refractivity contribution in [3.8, 4) is 0 Å². The van der Waals surface area contributed by atoms with Crippen LogP contribution in [0.1, 0.15) is 15.2 Å². The number of sulfonamides is 1. The lowest BCUT2D eigenvalue weighted by atomic mass is 10.1. The molecule has 3 rings (SSSR count). The molecule has 1 heterocycles. The number of hydrogen-bond acceptors (Lipinski definition) is 8. The molecule has 0 radical (unpaired) electrons. The van der Waals surface area contributed by atoms with Crippen molar-refractivity contribution in [1.82, 2.24) is 4.98 Å². The molecule has 9 nitrogen and oxygen atoms in total. The maximum Gasteiger partial charge on any atom is 0.269 e. The number of nitro groups is 1. The summed E-state index contributed by atoms with van der Waals surface area (Å²) in [6.07, 6.45) is 0. The molecule has 12 heteroatoms. The fraction of sp³-hybridized carbons (Fsp3) is 0.0588. The molecule has 2 N–H and O–H groups in total. The average Bonchev–Trinajstić information content (AvgIpc) is 3.08. The summed E-state index contributed by atoms with van der Waals surface area (Å²) in [5.74, 6) is -0.656. The Morgan fingerprint density at radius 3 is 2.48 bits per heavy atom. The molecule has 0 unspecified atom stereocenters. The highest BCUT2D eigenvalue weighted by Gasteiger charge is 2.27. The summed E-state index contributed by atoms with van der Waals surface area (Å²) < 4.78 is 26.5. The third-order valence-corrected chi connectivity index (χ3v) is 7.15. The summed E-state index contributed by atoms with van der Waals surface area (Å²) in [7, 11) is -2.68. The molecule has 0 aliphatic heterocycles. The number of nitrogens with zero attached hydrogens (tertiary/aromatic N) is 3. The molecule has 0 aliphatic rings. The maximum atomic E-state index is 12.8. The van der Waals surface area contributed by atoms with Gasteiger partial charge in [0.2, 0.25) is 10.9 Å². The van der Waals surface area contributed by atoms with Crippen molar-refractivity contribution in [2.24, 2.45) is 0 Å². The van der Waals surface area contributed by atoms with Crippen LogP contribution in [0.2, 0.25) is 5.02 Å². The number of hydrogen-bond donors (Lipinski definition) is 1. The Morgan fingerprint density at radius 2 is 1.90 bits per heavy atom. The summed E-state index contributed by atoms with van der Waals surface area (Å²) in [6, 6.07) is 10.7. The van der Waals surface area contributed by atoms with Gasteiger partial charge in [-0.1, -0.05) is 29.0 Å². The Labute approximate surface area is 174 Å². The number of nitro benzene ring substituents is 1. The van der Waals surface area contributed by atoms with Crippen LogP contribution in [0.4, 0.5) is 16.6 Å². The van der Waals surface area contributed by atoms with Crippen molar-refractivity contribution in [2.45, 2.75) is 4.90 Å². The number of aromatic nitrogens is 1. The second kappa shape index (κ2) is 7.78. The summed E-state index contributed by atoms with van der Waals surface area (Å²) in [6.45, 7) is 0. The van der Waals surface area contributed by atoms with Crippen molar-refractivity contribution in [1.29, 1.82) is 0 Å². The fourth-order valence-electron chi connectivity index (χ4n) is 2.37. The Morgan fingerprint density at radius 1 is 1.24 bits per heavy atom. The SMILES string of the molecule is CN(c1nc(N)c(C(=O)c2ccc([N+](=O)[O-])cc2)s1)S(=O)(=O)c1cccc(Cl)c1. The third-order valence-electron chi connectivity index (χ3n) is 3.91. The average molecular weight is 453 g/mol. The number of anilines is 2. The molecule has 0 aliphatic carbocycles. The Bertz CT molecular complexity index is 1210. The molecule has 0 saturated heterocycles. The van der Waals surface area contributed by atoms with Gasteiger partial charge < -0.3 is 5.73 Å². The van der Waals surface area contributed by atoms with E-state index in [1.165, 1.54) is 49.5 Å². The van der Waals surface area contributed by atoms with Crippen LogP contribution in [0, 0.1) is 10.1 Å². The number of rotatable bonds is 6. The van der Waals surface area contributed by atoms with Crippen LogP contribution in [0.15, 0.2) is 53.4 Å². The van der Waals surface area contributed by atoms with Gasteiger partial charge in [0.1, 0.15) is 10.7 Å². The molecule has 1 aromatic heterocycles.